The average Bonchev–Trinajstić information content (AvgIpc) is 2.97. The molecule has 0 radical (unpaired) electrons. The van der Waals surface area contributed by atoms with Crippen LogP contribution in [0.1, 0.15) is 11.1 Å². The summed E-state index contributed by atoms with van der Waals surface area (Å²) in [5.41, 5.74) is 1.61. The summed E-state index contributed by atoms with van der Waals surface area (Å²) in [5, 5.41) is -0.400. The van der Waals surface area contributed by atoms with Crippen LogP contribution in [-0.4, -0.2) is 42.9 Å². The average molecular weight is 435 g/mol. The van der Waals surface area contributed by atoms with Gasteiger partial charge in [0.05, 0.1) is 18.6 Å². The van der Waals surface area contributed by atoms with Crippen LogP contribution < -0.4 is 14.2 Å². The molecule has 2 aromatic rings. The summed E-state index contributed by atoms with van der Waals surface area (Å²) in [6, 6.07) is 11.7. The Labute approximate surface area is 176 Å². The Hall–Kier alpha value is -3.07. The van der Waals surface area contributed by atoms with E-state index in [1.807, 2.05) is 31.2 Å². The summed E-state index contributed by atoms with van der Waals surface area (Å²) in [5.74, 6) is 0.187. The number of amides is 2. The Morgan fingerprint density at radius 2 is 1.83 bits per heavy atom. The van der Waals surface area contributed by atoms with Crippen LogP contribution in [0.15, 0.2) is 47.4 Å². The number of ether oxygens (including phenoxy) is 3. The predicted octanol–water partition coefficient (Wildman–Crippen LogP) is 4.72. The molecule has 158 valence electrons. The number of nitrogens with zero attached hydrogens (tertiary/aromatic N) is 1. The number of halogens is 2. The summed E-state index contributed by atoms with van der Waals surface area (Å²) in [6.07, 6.45) is 1.50. The topological polar surface area (TPSA) is 65.1 Å². The Kier molecular flexibility index (Phi) is 6.94. The first-order valence-electron chi connectivity index (χ1n) is 8.95. The maximum atomic E-state index is 12.6. The van der Waals surface area contributed by atoms with Gasteiger partial charge in [0, 0.05) is 0 Å². The molecule has 9 heteroatoms. The van der Waals surface area contributed by atoms with Crippen molar-refractivity contribution in [3.63, 3.8) is 0 Å². The lowest BCUT2D eigenvalue weighted by Crippen LogP contribution is -2.32. The summed E-state index contributed by atoms with van der Waals surface area (Å²) < 4.78 is 39.9. The number of carbonyl (C=O) groups excluding carboxylic acids is 2. The predicted molar refractivity (Wildman–Crippen MR) is 109 cm³/mol. The van der Waals surface area contributed by atoms with Crippen LogP contribution in [0.25, 0.3) is 6.08 Å². The Bertz CT molecular complexity index is 962. The smallest absolute Gasteiger partial charge is 0.387 e. The molecule has 0 unspecified atom stereocenters. The molecule has 3 rings (SSSR count). The number of benzene rings is 2. The van der Waals surface area contributed by atoms with Crippen LogP contribution in [0.4, 0.5) is 13.6 Å². The number of rotatable bonds is 8. The zero-order valence-electron chi connectivity index (χ0n) is 16.3. The molecule has 6 nitrogen and oxygen atoms in total. The van der Waals surface area contributed by atoms with E-state index in [-0.39, 0.29) is 29.6 Å². The van der Waals surface area contributed by atoms with E-state index in [9.17, 15) is 18.4 Å². The number of alkyl halides is 2. The maximum Gasteiger partial charge on any atom is 0.387 e. The standard InChI is InChI=1S/C21H19F2NO5S/c1-13-3-6-15(7-4-13)28-10-9-24-19(25)18(30-21(24)26)12-14-5-8-16(29-20(22)23)17(11-14)27-2/h3-8,11-12,20H,9-10H2,1-2H3/b18-12-. The van der Waals surface area contributed by atoms with Gasteiger partial charge >= 0.3 is 6.61 Å². The molecule has 2 amide bonds. The zero-order valence-corrected chi connectivity index (χ0v) is 17.1. The second-order valence-electron chi connectivity index (χ2n) is 6.28. The highest BCUT2D eigenvalue weighted by Gasteiger charge is 2.34. The Morgan fingerprint density at radius 1 is 1.10 bits per heavy atom. The lowest BCUT2D eigenvalue weighted by molar-refractivity contribution is -0.123. The third-order valence-corrected chi connectivity index (χ3v) is 5.09. The zero-order chi connectivity index (χ0) is 21.7. The summed E-state index contributed by atoms with van der Waals surface area (Å²) in [7, 11) is 1.32. The Balaban J connectivity index is 1.66. The molecule has 0 saturated carbocycles. The SMILES string of the molecule is COc1cc(/C=C2\SC(=O)N(CCOc3ccc(C)cc3)C2=O)ccc1OC(F)F. The Morgan fingerprint density at radius 3 is 2.50 bits per heavy atom. The molecule has 0 spiro atoms. The van der Waals surface area contributed by atoms with E-state index in [4.69, 9.17) is 9.47 Å². The van der Waals surface area contributed by atoms with E-state index in [1.165, 1.54) is 31.4 Å². The molecule has 0 bridgehead atoms. The monoisotopic (exact) mass is 435 g/mol. The molecular formula is C21H19F2NO5S. The van der Waals surface area contributed by atoms with Crippen molar-refractivity contribution in [2.24, 2.45) is 0 Å². The molecule has 2 aromatic carbocycles. The van der Waals surface area contributed by atoms with Crippen molar-refractivity contribution >= 4 is 29.0 Å². The first-order valence-corrected chi connectivity index (χ1v) is 9.76. The summed E-state index contributed by atoms with van der Waals surface area (Å²) >= 11 is 0.804. The van der Waals surface area contributed by atoms with Crippen molar-refractivity contribution in [1.29, 1.82) is 0 Å². The van der Waals surface area contributed by atoms with Gasteiger partial charge in [-0.3, -0.25) is 14.5 Å². The van der Waals surface area contributed by atoms with Crippen LogP contribution in [0.2, 0.25) is 0 Å². The minimum atomic E-state index is -2.98. The normalized spacial score (nSPS) is 15.2. The molecule has 0 aliphatic carbocycles. The van der Waals surface area contributed by atoms with E-state index in [0.717, 1.165) is 22.2 Å². The third-order valence-electron chi connectivity index (χ3n) is 4.18. The lowest BCUT2D eigenvalue weighted by atomic mass is 10.2. The van der Waals surface area contributed by atoms with E-state index < -0.39 is 17.8 Å². The van der Waals surface area contributed by atoms with Crippen LogP contribution in [0, 0.1) is 6.92 Å². The van der Waals surface area contributed by atoms with Gasteiger partial charge in [-0.05, 0) is 54.6 Å². The van der Waals surface area contributed by atoms with Gasteiger partial charge in [-0.1, -0.05) is 23.8 Å². The van der Waals surface area contributed by atoms with Crippen molar-refractivity contribution in [1.82, 2.24) is 4.90 Å². The van der Waals surface area contributed by atoms with E-state index in [0.29, 0.717) is 11.3 Å². The summed E-state index contributed by atoms with van der Waals surface area (Å²) in [6.45, 7) is -0.739. The van der Waals surface area contributed by atoms with E-state index >= 15 is 0 Å². The lowest BCUT2D eigenvalue weighted by Gasteiger charge is -2.13. The minimum absolute atomic E-state index is 0.0924. The number of thioether (sulfide) groups is 1. The van der Waals surface area contributed by atoms with Crippen LogP contribution in [0.3, 0.4) is 0 Å². The van der Waals surface area contributed by atoms with Gasteiger partial charge in [0.15, 0.2) is 11.5 Å². The van der Waals surface area contributed by atoms with Crippen molar-refractivity contribution in [3.05, 3.63) is 58.5 Å². The molecule has 0 aromatic heterocycles. The molecule has 1 aliphatic heterocycles. The van der Waals surface area contributed by atoms with E-state index in [1.54, 1.807) is 0 Å². The van der Waals surface area contributed by atoms with Gasteiger partial charge in [0.2, 0.25) is 0 Å². The van der Waals surface area contributed by atoms with Crippen molar-refractivity contribution < 1.29 is 32.6 Å². The largest absolute Gasteiger partial charge is 0.493 e. The van der Waals surface area contributed by atoms with Crippen LogP contribution in [0.5, 0.6) is 17.2 Å². The molecule has 30 heavy (non-hydrogen) atoms. The molecule has 1 fully saturated rings. The van der Waals surface area contributed by atoms with Crippen molar-refractivity contribution in [2.75, 3.05) is 20.3 Å². The third kappa shape index (κ3) is 5.29. The number of carbonyl (C=O) groups is 2. The minimum Gasteiger partial charge on any atom is -0.493 e. The van der Waals surface area contributed by atoms with Gasteiger partial charge in [0.25, 0.3) is 11.1 Å². The van der Waals surface area contributed by atoms with Gasteiger partial charge in [-0.15, -0.1) is 0 Å². The number of hydrogen-bond acceptors (Lipinski definition) is 6. The van der Waals surface area contributed by atoms with Gasteiger partial charge in [-0.25, -0.2) is 0 Å². The molecule has 0 N–H and O–H groups in total. The maximum absolute atomic E-state index is 12.6. The fourth-order valence-corrected chi connectivity index (χ4v) is 3.57. The first kappa shape index (κ1) is 21.6. The molecule has 0 atom stereocenters. The van der Waals surface area contributed by atoms with Crippen LogP contribution >= 0.6 is 11.8 Å². The first-order chi connectivity index (χ1) is 14.4. The molecular weight excluding hydrogens is 416 g/mol. The number of imide groups is 1. The van der Waals surface area contributed by atoms with Crippen molar-refractivity contribution in [3.8, 4) is 17.2 Å². The second-order valence-corrected chi connectivity index (χ2v) is 7.28. The fourth-order valence-electron chi connectivity index (χ4n) is 2.70. The fraction of sp³-hybridized carbons (Fsp3) is 0.238. The molecule has 1 saturated heterocycles. The number of methoxy groups -OCH3 is 1. The highest BCUT2D eigenvalue weighted by atomic mass is 32.2. The van der Waals surface area contributed by atoms with Gasteiger partial charge in [0.1, 0.15) is 12.4 Å². The van der Waals surface area contributed by atoms with Crippen molar-refractivity contribution in [2.45, 2.75) is 13.5 Å². The number of aryl methyl sites for hydroxylation is 1. The van der Waals surface area contributed by atoms with E-state index in [2.05, 4.69) is 4.74 Å². The van der Waals surface area contributed by atoms with Gasteiger partial charge < -0.3 is 14.2 Å². The molecule has 1 aliphatic rings. The molecule has 1 heterocycles. The summed E-state index contributed by atoms with van der Waals surface area (Å²) in [4.78, 5) is 26.1. The second kappa shape index (κ2) is 9.62. The van der Waals surface area contributed by atoms with Gasteiger partial charge in [-0.2, -0.15) is 8.78 Å². The van der Waals surface area contributed by atoms with Crippen LogP contribution in [-0.2, 0) is 4.79 Å². The highest BCUT2D eigenvalue weighted by Crippen LogP contribution is 2.34. The highest BCUT2D eigenvalue weighted by molar-refractivity contribution is 8.18. The number of hydrogen-bond donors (Lipinski definition) is 0. The quantitative estimate of drug-likeness (QED) is 0.559.